The van der Waals surface area contributed by atoms with Gasteiger partial charge in [-0.15, -0.1) is 0 Å². The van der Waals surface area contributed by atoms with Crippen LogP contribution >= 0.6 is 11.8 Å². The molecule has 0 aromatic rings. The Balaban J connectivity index is 2.31. The summed E-state index contributed by atoms with van der Waals surface area (Å²) >= 11 is 1.59. The molecule has 0 spiro atoms. The van der Waals surface area contributed by atoms with Crippen molar-refractivity contribution in [3.05, 3.63) is 0 Å². The molecule has 0 aromatic carbocycles. The molecular formula is C13H21F3N2O2S. The summed E-state index contributed by atoms with van der Waals surface area (Å²) in [6, 6.07) is 0. The molecule has 21 heavy (non-hydrogen) atoms. The van der Waals surface area contributed by atoms with Crippen LogP contribution in [0.25, 0.3) is 0 Å². The van der Waals surface area contributed by atoms with Gasteiger partial charge in [0.2, 0.25) is 5.91 Å². The minimum Gasteiger partial charge on any atom is -0.356 e. The number of nitrogens with zero attached hydrogens (tertiary/aromatic N) is 1. The van der Waals surface area contributed by atoms with Gasteiger partial charge in [0.15, 0.2) is 0 Å². The molecule has 0 saturated carbocycles. The number of carbonyl (C=O) groups is 2. The SMILES string of the molecule is CSCC(C)C(=O)NCC1CCN(C(=O)C(F)(F)F)CC1. The molecular weight excluding hydrogens is 305 g/mol. The normalized spacial score (nSPS) is 18.4. The van der Waals surface area contributed by atoms with Crippen LogP contribution in [0.2, 0.25) is 0 Å². The summed E-state index contributed by atoms with van der Waals surface area (Å²) in [5.41, 5.74) is 0. The number of carbonyl (C=O) groups excluding carboxylic acids is 2. The highest BCUT2D eigenvalue weighted by molar-refractivity contribution is 7.98. The minimum absolute atomic E-state index is 0.0295. The van der Waals surface area contributed by atoms with Gasteiger partial charge in [-0.05, 0) is 25.0 Å². The Kier molecular flexibility index (Phi) is 6.83. The van der Waals surface area contributed by atoms with Crippen LogP contribution in [0.1, 0.15) is 19.8 Å². The van der Waals surface area contributed by atoms with Gasteiger partial charge in [-0.1, -0.05) is 6.92 Å². The summed E-state index contributed by atoms with van der Waals surface area (Å²) in [5.74, 6) is -0.999. The van der Waals surface area contributed by atoms with Gasteiger partial charge in [-0.25, -0.2) is 0 Å². The Hall–Kier alpha value is -0.920. The number of halogens is 3. The van der Waals surface area contributed by atoms with Crippen molar-refractivity contribution in [1.29, 1.82) is 0 Å². The molecule has 1 atom stereocenters. The van der Waals surface area contributed by atoms with Crippen molar-refractivity contribution in [2.24, 2.45) is 11.8 Å². The van der Waals surface area contributed by atoms with E-state index >= 15 is 0 Å². The van der Waals surface area contributed by atoms with Crippen LogP contribution in [0.5, 0.6) is 0 Å². The maximum Gasteiger partial charge on any atom is 0.471 e. The predicted octanol–water partition coefficient (Wildman–Crippen LogP) is 1.90. The van der Waals surface area contributed by atoms with Crippen molar-refractivity contribution >= 4 is 23.6 Å². The molecule has 8 heteroatoms. The number of hydrogen-bond donors (Lipinski definition) is 1. The molecule has 1 aliphatic heterocycles. The van der Waals surface area contributed by atoms with Gasteiger partial charge in [0.25, 0.3) is 0 Å². The van der Waals surface area contributed by atoms with E-state index in [0.29, 0.717) is 19.4 Å². The highest BCUT2D eigenvalue weighted by atomic mass is 32.2. The van der Waals surface area contributed by atoms with Crippen molar-refractivity contribution in [3.63, 3.8) is 0 Å². The lowest BCUT2D eigenvalue weighted by molar-refractivity contribution is -0.186. The molecule has 0 aromatic heterocycles. The fourth-order valence-electron chi connectivity index (χ4n) is 2.26. The fourth-order valence-corrected chi connectivity index (χ4v) is 2.92. The van der Waals surface area contributed by atoms with Gasteiger partial charge in [0.05, 0.1) is 0 Å². The van der Waals surface area contributed by atoms with E-state index in [9.17, 15) is 22.8 Å². The first-order chi connectivity index (χ1) is 9.75. The van der Waals surface area contributed by atoms with Gasteiger partial charge >= 0.3 is 12.1 Å². The Morgan fingerprint density at radius 3 is 2.38 bits per heavy atom. The number of rotatable bonds is 5. The average molecular weight is 326 g/mol. The standard InChI is InChI=1S/C13H21F3N2O2S/c1-9(8-21-2)11(19)17-7-10-3-5-18(6-4-10)12(20)13(14,15)16/h9-10H,3-8H2,1-2H3,(H,17,19). The lowest BCUT2D eigenvalue weighted by Gasteiger charge is -2.32. The molecule has 1 unspecified atom stereocenters. The zero-order valence-corrected chi connectivity index (χ0v) is 13.0. The summed E-state index contributed by atoms with van der Waals surface area (Å²) in [5, 5.41) is 2.83. The van der Waals surface area contributed by atoms with Crippen LogP contribution in [-0.4, -0.2) is 54.5 Å². The number of likely N-dealkylation sites (tertiary alicyclic amines) is 1. The van der Waals surface area contributed by atoms with Crippen molar-refractivity contribution in [2.45, 2.75) is 25.9 Å². The Bertz CT molecular complexity index is 369. The van der Waals surface area contributed by atoms with E-state index in [-0.39, 0.29) is 30.8 Å². The Labute approximate surface area is 126 Å². The monoisotopic (exact) mass is 326 g/mol. The molecule has 1 rings (SSSR count). The lowest BCUT2D eigenvalue weighted by atomic mass is 9.96. The van der Waals surface area contributed by atoms with E-state index in [2.05, 4.69) is 5.32 Å². The highest BCUT2D eigenvalue weighted by Crippen LogP contribution is 2.23. The Morgan fingerprint density at radius 1 is 1.33 bits per heavy atom. The largest absolute Gasteiger partial charge is 0.471 e. The highest BCUT2D eigenvalue weighted by Gasteiger charge is 2.43. The summed E-state index contributed by atoms with van der Waals surface area (Å²) in [4.78, 5) is 23.7. The van der Waals surface area contributed by atoms with Crippen molar-refractivity contribution in [3.8, 4) is 0 Å². The lowest BCUT2D eigenvalue weighted by Crippen LogP contribution is -2.47. The van der Waals surface area contributed by atoms with Crippen LogP contribution < -0.4 is 5.32 Å². The van der Waals surface area contributed by atoms with Gasteiger partial charge in [-0.3, -0.25) is 9.59 Å². The van der Waals surface area contributed by atoms with Crippen LogP contribution in [0.4, 0.5) is 13.2 Å². The topological polar surface area (TPSA) is 49.4 Å². The van der Waals surface area contributed by atoms with E-state index in [1.54, 1.807) is 11.8 Å². The first kappa shape index (κ1) is 18.1. The van der Waals surface area contributed by atoms with Crippen molar-refractivity contribution in [1.82, 2.24) is 10.2 Å². The van der Waals surface area contributed by atoms with Crippen molar-refractivity contribution in [2.75, 3.05) is 31.6 Å². The number of alkyl halides is 3. The smallest absolute Gasteiger partial charge is 0.356 e. The van der Waals surface area contributed by atoms with Gasteiger partial charge < -0.3 is 10.2 Å². The molecule has 1 N–H and O–H groups in total. The van der Waals surface area contributed by atoms with E-state index in [1.165, 1.54) is 0 Å². The molecule has 2 amide bonds. The second-order valence-corrected chi connectivity index (χ2v) is 6.25. The number of piperidine rings is 1. The molecule has 4 nitrogen and oxygen atoms in total. The summed E-state index contributed by atoms with van der Waals surface area (Å²) < 4.78 is 36.9. The first-order valence-corrected chi connectivity index (χ1v) is 8.27. The first-order valence-electron chi connectivity index (χ1n) is 6.88. The second kappa shape index (κ2) is 7.91. The number of thioether (sulfide) groups is 1. The third-order valence-corrected chi connectivity index (χ3v) is 4.41. The van der Waals surface area contributed by atoms with E-state index in [0.717, 1.165) is 10.7 Å². The zero-order valence-electron chi connectivity index (χ0n) is 12.2. The molecule has 1 saturated heterocycles. The number of amides is 2. The van der Waals surface area contributed by atoms with Crippen LogP contribution in [0, 0.1) is 11.8 Å². The van der Waals surface area contributed by atoms with Crippen LogP contribution in [0.15, 0.2) is 0 Å². The third-order valence-electron chi connectivity index (χ3n) is 3.57. The van der Waals surface area contributed by atoms with Crippen LogP contribution in [0.3, 0.4) is 0 Å². The molecule has 1 aliphatic rings. The average Bonchev–Trinajstić information content (AvgIpc) is 2.43. The molecule has 1 fully saturated rings. The van der Waals surface area contributed by atoms with Gasteiger partial charge in [0.1, 0.15) is 0 Å². The van der Waals surface area contributed by atoms with E-state index in [1.807, 2.05) is 13.2 Å². The maximum atomic E-state index is 12.3. The summed E-state index contributed by atoms with van der Waals surface area (Å²) in [6.07, 6.45) is -1.90. The molecule has 0 aliphatic carbocycles. The molecule has 1 heterocycles. The summed E-state index contributed by atoms with van der Waals surface area (Å²) in [7, 11) is 0. The molecule has 0 radical (unpaired) electrons. The number of hydrogen-bond acceptors (Lipinski definition) is 3. The summed E-state index contributed by atoms with van der Waals surface area (Å²) in [6.45, 7) is 2.50. The van der Waals surface area contributed by atoms with E-state index < -0.39 is 12.1 Å². The van der Waals surface area contributed by atoms with Crippen LogP contribution in [-0.2, 0) is 9.59 Å². The van der Waals surface area contributed by atoms with Gasteiger partial charge in [-0.2, -0.15) is 24.9 Å². The second-order valence-electron chi connectivity index (χ2n) is 5.33. The fraction of sp³-hybridized carbons (Fsp3) is 0.846. The molecule has 0 bridgehead atoms. The maximum absolute atomic E-state index is 12.3. The van der Waals surface area contributed by atoms with Gasteiger partial charge in [0, 0.05) is 31.3 Å². The zero-order chi connectivity index (χ0) is 16.0. The Morgan fingerprint density at radius 2 is 1.90 bits per heavy atom. The molecule has 122 valence electrons. The van der Waals surface area contributed by atoms with E-state index in [4.69, 9.17) is 0 Å². The predicted molar refractivity (Wildman–Crippen MR) is 75.9 cm³/mol. The van der Waals surface area contributed by atoms with Crippen molar-refractivity contribution < 1.29 is 22.8 Å². The minimum atomic E-state index is -4.80. The quantitative estimate of drug-likeness (QED) is 0.839. The number of nitrogens with one attached hydrogen (secondary N) is 1. The third kappa shape index (κ3) is 5.76.